The van der Waals surface area contributed by atoms with E-state index >= 15 is 0 Å². The van der Waals surface area contributed by atoms with E-state index in [0.29, 0.717) is 49.1 Å². The van der Waals surface area contributed by atoms with Crippen LogP contribution in [-0.4, -0.2) is 82.1 Å². The van der Waals surface area contributed by atoms with E-state index in [2.05, 4.69) is 104 Å². The highest BCUT2D eigenvalue weighted by atomic mass is 28.4. The zero-order chi connectivity index (χ0) is 31.9. The van der Waals surface area contributed by atoms with Crippen LogP contribution in [-0.2, 0) is 13.9 Å². The number of amides is 2. The standard InChI is InChI=1S/C35H57N3O4Si/c1-24(2)43(25(3)4,26(5)6)41-21-28(17-18-40-34(8,9)10)29-19-32-35(20-29,42-32)27(7)30-15-13-14-16-31(30)38-22-36(11)33(39)37(12)23-38/h13-17,24-26,29,32H,7,18-23H2,1-6,8-12H3/b28-17-/t29-,32-,35-/m1/s1. The molecule has 0 bridgehead atoms. The van der Waals surface area contributed by atoms with Gasteiger partial charge < -0.3 is 28.6 Å². The summed E-state index contributed by atoms with van der Waals surface area (Å²) in [5.74, 6) is 0.356. The number of ether oxygens (including phenoxy) is 2. The molecule has 0 radical (unpaired) electrons. The van der Waals surface area contributed by atoms with Gasteiger partial charge in [0, 0.05) is 25.3 Å². The molecule has 4 rings (SSSR count). The van der Waals surface area contributed by atoms with Gasteiger partial charge >= 0.3 is 6.03 Å². The van der Waals surface area contributed by atoms with Crippen LogP contribution in [0.3, 0.4) is 0 Å². The molecule has 3 aliphatic rings. The number of anilines is 1. The van der Waals surface area contributed by atoms with Crippen molar-refractivity contribution in [1.29, 1.82) is 0 Å². The number of hydrogen-bond donors (Lipinski definition) is 0. The summed E-state index contributed by atoms with van der Waals surface area (Å²) in [5.41, 5.74) is 5.61. The largest absolute Gasteiger partial charge is 0.412 e. The fourth-order valence-electron chi connectivity index (χ4n) is 7.82. The number of para-hydroxylation sites is 1. The average Bonchev–Trinajstić information content (AvgIpc) is 3.49. The molecule has 2 amide bonds. The summed E-state index contributed by atoms with van der Waals surface area (Å²) in [6.45, 7) is 27.4. The minimum atomic E-state index is -2.03. The number of urea groups is 1. The Morgan fingerprint density at radius 1 is 1.07 bits per heavy atom. The van der Waals surface area contributed by atoms with Gasteiger partial charge in [-0.1, -0.05) is 72.4 Å². The second-order valence-corrected chi connectivity index (χ2v) is 20.4. The minimum absolute atomic E-state index is 0.0341. The van der Waals surface area contributed by atoms with E-state index in [1.54, 1.807) is 9.80 Å². The number of nitrogens with zero attached hydrogens (tertiary/aromatic N) is 3. The molecule has 0 spiro atoms. The molecular formula is C35H57N3O4Si. The Balaban J connectivity index is 1.57. The maximum absolute atomic E-state index is 12.4. The van der Waals surface area contributed by atoms with Gasteiger partial charge in [-0.15, -0.1) is 0 Å². The van der Waals surface area contributed by atoms with Gasteiger partial charge in [0.15, 0.2) is 0 Å². The fraction of sp³-hybridized carbons (Fsp3) is 0.686. The van der Waals surface area contributed by atoms with Gasteiger partial charge in [-0.25, -0.2) is 4.79 Å². The van der Waals surface area contributed by atoms with Gasteiger partial charge in [-0.3, -0.25) is 0 Å². The topological polar surface area (TPSA) is 57.8 Å². The maximum atomic E-state index is 12.4. The molecule has 0 N–H and O–H groups in total. The third-order valence-electron chi connectivity index (χ3n) is 9.95. The number of carbonyl (C=O) groups is 1. The fourth-order valence-corrected chi connectivity index (χ4v) is 13.2. The Bertz CT molecular complexity index is 1170. The summed E-state index contributed by atoms with van der Waals surface area (Å²) in [6, 6.07) is 8.45. The molecule has 3 atom stereocenters. The molecule has 0 aromatic heterocycles. The van der Waals surface area contributed by atoms with Crippen molar-refractivity contribution in [2.24, 2.45) is 5.92 Å². The van der Waals surface area contributed by atoms with Crippen LogP contribution in [0.15, 0.2) is 42.5 Å². The Kier molecular flexibility index (Phi) is 9.97. The lowest BCUT2D eigenvalue weighted by atomic mass is 9.87. The van der Waals surface area contributed by atoms with Crippen molar-refractivity contribution in [2.75, 3.05) is 45.5 Å². The highest BCUT2D eigenvalue weighted by Crippen LogP contribution is 2.61. The second-order valence-electron chi connectivity index (χ2n) is 14.9. The van der Waals surface area contributed by atoms with Crippen LogP contribution in [0.25, 0.3) is 5.57 Å². The molecule has 240 valence electrons. The van der Waals surface area contributed by atoms with Crippen LogP contribution in [0, 0.1) is 5.92 Å². The van der Waals surface area contributed by atoms with Crippen LogP contribution in [0.4, 0.5) is 10.5 Å². The molecule has 3 fully saturated rings. The first-order valence-electron chi connectivity index (χ1n) is 16.2. The molecule has 1 aliphatic carbocycles. The van der Waals surface area contributed by atoms with E-state index in [0.717, 1.165) is 29.7 Å². The van der Waals surface area contributed by atoms with Gasteiger partial charge in [0.05, 0.1) is 38.3 Å². The van der Waals surface area contributed by atoms with Crippen LogP contribution >= 0.6 is 0 Å². The monoisotopic (exact) mass is 611 g/mol. The number of carbonyl (C=O) groups excluding carboxylic acids is 1. The SMILES string of the molecule is C=C(c1ccccc1N1CN(C)C(=O)N(C)C1)[C@]12C[C@H](/C(=C\COC(C)(C)C)CO[Si](C(C)C)(C(C)C)C(C)C)C[C@H]1O2. The zero-order valence-electron chi connectivity index (χ0n) is 28.7. The Morgan fingerprint density at radius 3 is 2.21 bits per heavy atom. The first-order chi connectivity index (χ1) is 20.0. The van der Waals surface area contributed by atoms with Gasteiger partial charge in [-0.05, 0) is 73.4 Å². The molecule has 8 heteroatoms. The van der Waals surface area contributed by atoms with Gasteiger partial charge in [-0.2, -0.15) is 0 Å². The summed E-state index contributed by atoms with van der Waals surface area (Å²) >= 11 is 0. The molecule has 2 heterocycles. The molecule has 7 nitrogen and oxygen atoms in total. The summed E-state index contributed by atoms with van der Waals surface area (Å²) < 4.78 is 19.8. The molecule has 1 aromatic carbocycles. The first-order valence-corrected chi connectivity index (χ1v) is 18.3. The number of fused-ring (bicyclic) bond motifs is 1. The van der Waals surface area contributed by atoms with E-state index < -0.39 is 8.32 Å². The Morgan fingerprint density at radius 2 is 1.65 bits per heavy atom. The van der Waals surface area contributed by atoms with Gasteiger partial charge in [0.25, 0.3) is 0 Å². The predicted molar refractivity (Wildman–Crippen MR) is 180 cm³/mol. The third kappa shape index (κ3) is 6.77. The molecule has 2 saturated heterocycles. The van der Waals surface area contributed by atoms with E-state index in [9.17, 15) is 4.79 Å². The normalized spacial score (nSPS) is 24.9. The maximum Gasteiger partial charge on any atom is 0.322 e. The Hall–Kier alpha value is -2.13. The van der Waals surface area contributed by atoms with E-state index in [-0.39, 0.29) is 23.3 Å². The number of benzene rings is 1. The average molecular weight is 612 g/mol. The quantitative estimate of drug-likeness (QED) is 0.137. The van der Waals surface area contributed by atoms with Crippen molar-refractivity contribution in [2.45, 2.75) is 109 Å². The number of rotatable bonds is 12. The predicted octanol–water partition coefficient (Wildman–Crippen LogP) is 7.90. The third-order valence-corrected chi connectivity index (χ3v) is 16.0. The molecule has 1 saturated carbocycles. The van der Waals surface area contributed by atoms with Gasteiger partial charge in [0.1, 0.15) is 5.60 Å². The summed E-state index contributed by atoms with van der Waals surface area (Å²) in [7, 11) is 1.66. The lowest BCUT2D eigenvalue weighted by molar-refractivity contribution is 0.0143. The lowest BCUT2D eigenvalue weighted by Gasteiger charge is -2.42. The highest BCUT2D eigenvalue weighted by Gasteiger charge is 2.65. The number of hydrogen-bond acceptors (Lipinski definition) is 5. The first kappa shape index (κ1) is 33.8. The van der Waals surface area contributed by atoms with Crippen molar-refractivity contribution in [3.63, 3.8) is 0 Å². The minimum Gasteiger partial charge on any atom is -0.412 e. The summed E-state index contributed by atoms with van der Waals surface area (Å²) in [6.07, 6.45) is 4.31. The summed E-state index contributed by atoms with van der Waals surface area (Å²) in [4.78, 5) is 18.1. The molecule has 1 aromatic rings. The van der Waals surface area contributed by atoms with E-state index in [1.807, 2.05) is 14.1 Å². The molecule has 2 aliphatic heterocycles. The molecular weight excluding hydrogens is 554 g/mol. The van der Waals surface area contributed by atoms with Crippen molar-refractivity contribution >= 4 is 25.6 Å². The van der Waals surface area contributed by atoms with Gasteiger partial charge in [0.2, 0.25) is 8.32 Å². The van der Waals surface area contributed by atoms with Crippen molar-refractivity contribution in [3.05, 3.63) is 48.1 Å². The molecule has 43 heavy (non-hydrogen) atoms. The smallest absolute Gasteiger partial charge is 0.322 e. The highest BCUT2D eigenvalue weighted by molar-refractivity contribution is 6.77. The zero-order valence-corrected chi connectivity index (χ0v) is 29.7. The summed E-state index contributed by atoms with van der Waals surface area (Å²) in [5, 5.41) is 0. The van der Waals surface area contributed by atoms with E-state index in [1.165, 1.54) is 5.57 Å². The van der Waals surface area contributed by atoms with Crippen molar-refractivity contribution in [1.82, 2.24) is 9.80 Å². The van der Waals surface area contributed by atoms with Crippen LogP contribution < -0.4 is 4.90 Å². The van der Waals surface area contributed by atoms with E-state index in [4.69, 9.17) is 13.9 Å². The van der Waals surface area contributed by atoms with Crippen molar-refractivity contribution < 1.29 is 18.7 Å². The lowest BCUT2D eigenvalue weighted by Crippen LogP contribution is -2.55. The van der Waals surface area contributed by atoms with Crippen LogP contribution in [0.1, 0.15) is 80.7 Å². The van der Waals surface area contributed by atoms with Crippen molar-refractivity contribution in [3.8, 4) is 0 Å². The molecule has 0 unspecified atom stereocenters. The van der Waals surface area contributed by atoms with Crippen LogP contribution in [0.2, 0.25) is 16.6 Å². The second kappa shape index (κ2) is 12.7. The van der Waals surface area contributed by atoms with Crippen LogP contribution in [0.5, 0.6) is 0 Å². The number of epoxide rings is 1. The Labute approximate surface area is 262 Å².